The van der Waals surface area contributed by atoms with Gasteiger partial charge in [-0.3, -0.25) is 9.67 Å². The van der Waals surface area contributed by atoms with Gasteiger partial charge in [-0.15, -0.1) is 11.3 Å². The van der Waals surface area contributed by atoms with E-state index < -0.39 is 0 Å². The van der Waals surface area contributed by atoms with Gasteiger partial charge in [-0.05, 0) is 36.4 Å². The molecule has 0 saturated carbocycles. The molecule has 1 atom stereocenters. The van der Waals surface area contributed by atoms with E-state index in [1.807, 2.05) is 31.6 Å². The Labute approximate surface area is 126 Å². The molecule has 0 aliphatic rings. The predicted molar refractivity (Wildman–Crippen MR) is 83.2 cm³/mol. The van der Waals surface area contributed by atoms with E-state index in [9.17, 15) is 0 Å². The van der Waals surface area contributed by atoms with Gasteiger partial charge < -0.3 is 5.73 Å². The van der Waals surface area contributed by atoms with Crippen molar-refractivity contribution in [3.63, 3.8) is 0 Å². The van der Waals surface area contributed by atoms with Gasteiger partial charge in [0, 0.05) is 24.8 Å². The number of fused-ring (bicyclic) bond motifs is 1. The monoisotopic (exact) mass is 306 g/mol. The molecule has 0 aromatic carbocycles. The van der Waals surface area contributed by atoms with Gasteiger partial charge in [0.05, 0.1) is 15.9 Å². The first kappa shape index (κ1) is 13.5. The zero-order chi connectivity index (χ0) is 14.3. The van der Waals surface area contributed by atoms with Gasteiger partial charge in [0.15, 0.2) is 0 Å². The van der Waals surface area contributed by atoms with Crippen molar-refractivity contribution in [3.05, 3.63) is 45.7 Å². The highest BCUT2D eigenvalue weighted by atomic mass is 35.5. The SMILES string of the molecule is Cc1nn(C)c(Cl)c1CC(N)c1cnc2ccsc2c1. The minimum Gasteiger partial charge on any atom is -0.324 e. The van der Waals surface area contributed by atoms with Crippen LogP contribution in [-0.2, 0) is 13.5 Å². The summed E-state index contributed by atoms with van der Waals surface area (Å²) in [5.74, 6) is 0. The fourth-order valence-corrected chi connectivity index (χ4v) is 3.35. The highest BCUT2D eigenvalue weighted by molar-refractivity contribution is 7.17. The Morgan fingerprint density at radius 2 is 2.30 bits per heavy atom. The van der Waals surface area contributed by atoms with Crippen molar-refractivity contribution in [1.29, 1.82) is 0 Å². The second-order valence-electron chi connectivity index (χ2n) is 4.86. The zero-order valence-corrected chi connectivity index (χ0v) is 12.9. The van der Waals surface area contributed by atoms with Crippen molar-refractivity contribution in [1.82, 2.24) is 14.8 Å². The molecule has 0 saturated heterocycles. The van der Waals surface area contributed by atoms with Crippen LogP contribution < -0.4 is 5.73 Å². The maximum Gasteiger partial charge on any atom is 0.130 e. The van der Waals surface area contributed by atoms with Crippen LogP contribution in [0.3, 0.4) is 0 Å². The minimum atomic E-state index is -0.130. The van der Waals surface area contributed by atoms with Crippen LogP contribution >= 0.6 is 22.9 Å². The molecular formula is C14H15ClN4S. The van der Waals surface area contributed by atoms with Gasteiger partial charge in [0.1, 0.15) is 5.15 Å². The van der Waals surface area contributed by atoms with Crippen LogP contribution in [0.1, 0.15) is 22.9 Å². The molecule has 0 aliphatic heterocycles. The Balaban J connectivity index is 1.90. The number of pyridine rings is 1. The summed E-state index contributed by atoms with van der Waals surface area (Å²) in [4.78, 5) is 4.43. The lowest BCUT2D eigenvalue weighted by Gasteiger charge is -2.11. The van der Waals surface area contributed by atoms with Crippen LogP contribution in [0.25, 0.3) is 10.2 Å². The molecule has 3 aromatic rings. The van der Waals surface area contributed by atoms with Crippen LogP contribution in [0, 0.1) is 6.92 Å². The molecule has 104 valence electrons. The largest absolute Gasteiger partial charge is 0.324 e. The maximum atomic E-state index is 6.30. The molecule has 0 spiro atoms. The van der Waals surface area contributed by atoms with Crippen molar-refractivity contribution in [2.75, 3.05) is 0 Å². The smallest absolute Gasteiger partial charge is 0.130 e. The minimum absolute atomic E-state index is 0.130. The van der Waals surface area contributed by atoms with E-state index in [0.29, 0.717) is 11.6 Å². The summed E-state index contributed by atoms with van der Waals surface area (Å²) >= 11 is 7.93. The van der Waals surface area contributed by atoms with Crippen molar-refractivity contribution >= 4 is 33.2 Å². The highest BCUT2D eigenvalue weighted by Gasteiger charge is 2.16. The number of nitrogens with two attached hydrogens (primary N) is 1. The second-order valence-corrected chi connectivity index (χ2v) is 6.17. The van der Waals surface area contributed by atoms with Gasteiger partial charge >= 0.3 is 0 Å². The van der Waals surface area contributed by atoms with Gasteiger partial charge in [-0.25, -0.2) is 0 Å². The number of thiophene rings is 1. The lowest BCUT2D eigenvalue weighted by atomic mass is 10.0. The molecular weight excluding hydrogens is 292 g/mol. The number of rotatable bonds is 3. The van der Waals surface area contributed by atoms with E-state index in [-0.39, 0.29) is 6.04 Å². The Morgan fingerprint density at radius 1 is 1.50 bits per heavy atom. The number of aromatic nitrogens is 3. The van der Waals surface area contributed by atoms with E-state index in [0.717, 1.165) is 27.0 Å². The Bertz CT molecular complexity index is 762. The van der Waals surface area contributed by atoms with Crippen molar-refractivity contribution in [3.8, 4) is 0 Å². The van der Waals surface area contributed by atoms with E-state index in [2.05, 4.69) is 16.1 Å². The second kappa shape index (κ2) is 5.16. The molecule has 3 rings (SSSR count). The molecule has 2 N–H and O–H groups in total. The van der Waals surface area contributed by atoms with E-state index >= 15 is 0 Å². The molecule has 3 aromatic heterocycles. The molecule has 0 radical (unpaired) electrons. The summed E-state index contributed by atoms with van der Waals surface area (Å²) in [5, 5.41) is 7.01. The number of aryl methyl sites for hydroxylation is 2. The number of nitrogens with zero attached hydrogens (tertiary/aromatic N) is 3. The molecule has 20 heavy (non-hydrogen) atoms. The molecule has 0 bridgehead atoms. The first-order chi connectivity index (χ1) is 9.56. The van der Waals surface area contributed by atoms with E-state index in [1.54, 1.807) is 16.0 Å². The van der Waals surface area contributed by atoms with Gasteiger partial charge in [0.2, 0.25) is 0 Å². The fraction of sp³-hybridized carbons (Fsp3) is 0.286. The third-order valence-corrected chi connectivity index (χ3v) is 4.77. The Morgan fingerprint density at radius 3 is 3.00 bits per heavy atom. The molecule has 0 amide bonds. The summed E-state index contributed by atoms with van der Waals surface area (Å²) in [7, 11) is 1.84. The lowest BCUT2D eigenvalue weighted by molar-refractivity contribution is 0.716. The van der Waals surface area contributed by atoms with E-state index in [4.69, 9.17) is 17.3 Å². The molecule has 0 aliphatic carbocycles. The summed E-state index contributed by atoms with van der Waals surface area (Å²) in [5.41, 5.74) is 10.3. The van der Waals surface area contributed by atoms with Gasteiger partial charge in [-0.2, -0.15) is 5.10 Å². The first-order valence-electron chi connectivity index (χ1n) is 6.33. The van der Waals surface area contributed by atoms with Gasteiger partial charge in [0.25, 0.3) is 0 Å². The number of hydrogen-bond donors (Lipinski definition) is 1. The van der Waals surface area contributed by atoms with Crippen LogP contribution in [0.15, 0.2) is 23.7 Å². The molecule has 1 unspecified atom stereocenters. The first-order valence-corrected chi connectivity index (χ1v) is 7.58. The summed E-state index contributed by atoms with van der Waals surface area (Å²) in [6.45, 7) is 1.95. The van der Waals surface area contributed by atoms with Crippen LogP contribution in [0.5, 0.6) is 0 Å². The Hall–Kier alpha value is -1.43. The fourth-order valence-electron chi connectivity index (χ4n) is 2.31. The molecule has 0 fully saturated rings. The highest BCUT2D eigenvalue weighted by Crippen LogP contribution is 2.27. The standard InChI is InChI=1S/C14H15ClN4S/c1-8-10(14(15)19(2)18-8)6-11(16)9-5-13-12(17-7-9)3-4-20-13/h3-5,7,11H,6,16H2,1-2H3. The van der Waals surface area contributed by atoms with Crippen LogP contribution in [-0.4, -0.2) is 14.8 Å². The molecule has 4 nitrogen and oxygen atoms in total. The summed E-state index contributed by atoms with van der Waals surface area (Å²) in [6, 6.07) is 3.99. The zero-order valence-electron chi connectivity index (χ0n) is 11.3. The van der Waals surface area contributed by atoms with Crippen molar-refractivity contribution in [2.24, 2.45) is 12.8 Å². The number of halogens is 1. The van der Waals surface area contributed by atoms with Crippen LogP contribution in [0.4, 0.5) is 0 Å². The average molecular weight is 307 g/mol. The average Bonchev–Trinajstić information content (AvgIpc) is 2.98. The molecule has 6 heteroatoms. The van der Waals surface area contributed by atoms with Crippen molar-refractivity contribution in [2.45, 2.75) is 19.4 Å². The predicted octanol–water partition coefficient (Wildman–Crippen LogP) is 3.23. The van der Waals surface area contributed by atoms with Crippen molar-refractivity contribution < 1.29 is 0 Å². The summed E-state index contributed by atoms with van der Waals surface area (Å²) < 4.78 is 2.84. The molecule has 3 heterocycles. The third-order valence-electron chi connectivity index (χ3n) is 3.45. The number of hydrogen-bond acceptors (Lipinski definition) is 4. The summed E-state index contributed by atoms with van der Waals surface area (Å²) in [6.07, 6.45) is 2.51. The van der Waals surface area contributed by atoms with Gasteiger partial charge in [-0.1, -0.05) is 11.6 Å². The third kappa shape index (κ3) is 2.32. The lowest BCUT2D eigenvalue weighted by Crippen LogP contribution is -2.14. The Kier molecular flexibility index (Phi) is 3.50. The quantitative estimate of drug-likeness (QED) is 0.808. The maximum absolute atomic E-state index is 6.30. The van der Waals surface area contributed by atoms with Crippen LogP contribution in [0.2, 0.25) is 5.15 Å². The normalized spacial score (nSPS) is 13.0. The topological polar surface area (TPSA) is 56.7 Å². The van der Waals surface area contributed by atoms with E-state index in [1.165, 1.54) is 0 Å².